The zero-order valence-electron chi connectivity index (χ0n) is 16.6. The summed E-state index contributed by atoms with van der Waals surface area (Å²) in [4.78, 5) is 40.8. The second kappa shape index (κ2) is 9.27. The fourth-order valence-electron chi connectivity index (χ4n) is 2.94. The fraction of sp³-hybridized carbons (Fsp3) is 0. The third-order valence-electron chi connectivity index (χ3n) is 4.53. The van der Waals surface area contributed by atoms with Crippen molar-refractivity contribution >= 4 is 62.5 Å². The normalized spacial score (nSPS) is 14.9. The van der Waals surface area contributed by atoms with Gasteiger partial charge in [-0.2, -0.15) is 0 Å². The summed E-state index contributed by atoms with van der Waals surface area (Å²) < 4.78 is 6.41. The highest BCUT2D eigenvalue weighted by Gasteiger charge is 2.34. The van der Waals surface area contributed by atoms with E-state index in [1.165, 1.54) is 23.1 Å². The molecule has 1 aliphatic heterocycles. The standard InChI is InChI=1S/C22H13BrN4O5S/c23-14-3-5-15(6-4-14)26-21(29)18(20(28)25-22(26)33)11-13-1-8-17(9-2-13)32-19-10-7-16(12-24-19)27(30)31/h1-12H,(H,25,28,33)/b18-11-. The van der Waals surface area contributed by atoms with Crippen LogP contribution in [0.3, 0.4) is 0 Å². The Balaban J connectivity index is 1.54. The van der Waals surface area contributed by atoms with Gasteiger partial charge in [0.25, 0.3) is 17.5 Å². The predicted molar refractivity (Wildman–Crippen MR) is 128 cm³/mol. The number of nitrogens with zero attached hydrogens (tertiary/aromatic N) is 3. The highest BCUT2D eigenvalue weighted by molar-refractivity contribution is 9.10. The van der Waals surface area contributed by atoms with E-state index >= 15 is 0 Å². The van der Waals surface area contributed by atoms with Crippen molar-refractivity contribution in [1.82, 2.24) is 10.3 Å². The number of hydrogen-bond acceptors (Lipinski definition) is 7. The third-order valence-corrected chi connectivity index (χ3v) is 5.34. The molecule has 0 saturated carbocycles. The molecule has 1 fully saturated rings. The lowest BCUT2D eigenvalue weighted by molar-refractivity contribution is -0.385. The summed E-state index contributed by atoms with van der Waals surface area (Å²) in [5.74, 6) is -0.516. The second-order valence-electron chi connectivity index (χ2n) is 6.72. The first kappa shape index (κ1) is 22.2. The Hall–Kier alpha value is -3.96. The molecular weight excluding hydrogens is 512 g/mol. The van der Waals surface area contributed by atoms with Crippen LogP contribution in [0.5, 0.6) is 11.6 Å². The van der Waals surface area contributed by atoms with Crippen molar-refractivity contribution in [2.45, 2.75) is 0 Å². The topological polar surface area (TPSA) is 115 Å². The van der Waals surface area contributed by atoms with Crippen LogP contribution in [0.4, 0.5) is 11.4 Å². The maximum absolute atomic E-state index is 13.0. The number of ether oxygens (including phenoxy) is 1. The number of carbonyl (C=O) groups is 2. The Morgan fingerprint density at radius 2 is 1.76 bits per heavy atom. The Kier molecular flexibility index (Phi) is 6.24. The predicted octanol–water partition coefficient (Wildman–Crippen LogP) is 4.38. The van der Waals surface area contributed by atoms with Crippen LogP contribution in [0.15, 0.2) is 76.9 Å². The van der Waals surface area contributed by atoms with Crippen LogP contribution in [0.2, 0.25) is 0 Å². The van der Waals surface area contributed by atoms with Crippen molar-refractivity contribution in [2.75, 3.05) is 4.90 Å². The summed E-state index contributed by atoms with van der Waals surface area (Å²) in [6.07, 6.45) is 2.56. The molecule has 11 heteroatoms. The van der Waals surface area contributed by atoms with Gasteiger partial charge in [-0.1, -0.05) is 28.1 Å². The first-order valence-corrected chi connectivity index (χ1v) is 10.6. The quantitative estimate of drug-likeness (QED) is 0.173. The van der Waals surface area contributed by atoms with E-state index in [-0.39, 0.29) is 22.3 Å². The third kappa shape index (κ3) is 4.94. The van der Waals surface area contributed by atoms with E-state index in [0.717, 1.165) is 10.7 Å². The molecule has 0 unspecified atom stereocenters. The van der Waals surface area contributed by atoms with Gasteiger partial charge in [-0.25, -0.2) is 4.98 Å². The summed E-state index contributed by atoms with van der Waals surface area (Å²) in [5, 5.41) is 13.2. The molecule has 1 N–H and O–H groups in total. The number of rotatable bonds is 5. The van der Waals surface area contributed by atoms with Gasteiger partial charge in [0.2, 0.25) is 5.88 Å². The lowest BCUT2D eigenvalue weighted by Crippen LogP contribution is -2.54. The minimum Gasteiger partial charge on any atom is -0.439 e. The first-order valence-electron chi connectivity index (χ1n) is 9.37. The van der Waals surface area contributed by atoms with E-state index in [1.54, 1.807) is 48.5 Å². The molecule has 2 amide bonds. The lowest BCUT2D eigenvalue weighted by Gasteiger charge is -2.29. The average molecular weight is 525 g/mol. The molecule has 0 bridgehead atoms. The Morgan fingerprint density at radius 1 is 1.06 bits per heavy atom. The van der Waals surface area contributed by atoms with E-state index in [9.17, 15) is 19.7 Å². The zero-order valence-corrected chi connectivity index (χ0v) is 19.0. The Bertz CT molecular complexity index is 1290. The van der Waals surface area contributed by atoms with E-state index in [2.05, 4.69) is 26.2 Å². The van der Waals surface area contributed by atoms with Crippen LogP contribution in [0.25, 0.3) is 6.08 Å². The molecule has 0 spiro atoms. The largest absolute Gasteiger partial charge is 0.439 e. The number of nitrogens with one attached hydrogen (secondary N) is 1. The highest BCUT2D eigenvalue weighted by Crippen LogP contribution is 2.25. The zero-order chi connectivity index (χ0) is 23.5. The first-order chi connectivity index (χ1) is 15.8. The summed E-state index contributed by atoms with van der Waals surface area (Å²) in [6, 6.07) is 16.2. The van der Waals surface area contributed by atoms with Gasteiger partial charge in [-0.3, -0.25) is 29.9 Å². The molecule has 1 saturated heterocycles. The molecule has 1 aromatic heterocycles. The fourth-order valence-corrected chi connectivity index (χ4v) is 3.49. The van der Waals surface area contributed by atoms with Crippen LogP contribution in [-0.2, 0) is 9.59 Å². The van der Waals surface area contributed by atoms with Crippen LogP contribution in [0, 0.1) is 10.1 Å². The number of thiocarbonyl (C=S) groups is 1. The summed E-state index contributed by atoms with van der Waals surface area (Å²) in [5.41, 5.74) is 0.896. The number of halogens is 1. The van der Waals surface area contributed by atoms with Crippen molar-refractivity contribution in [1.29, 1.82) is 0 Å². The molecule has 3 aromatic rings. The molecule has 0 radical (unpaired) electrons. The van der Waals surface area contributed by atoms with Gasteiger partial charge in [-0.05, 0) is 60.3 Å². The molecular formula is C22H13BrN4O5S. The summed E-state index contributed by atoms with van der Waals surface area (Å²) >= 11 is 8.53. The maximum atomic E-state index is 13.0. The van der Waals surface area contributed by atoms with Crippen LogP contribution >= 0.6 is 28.1 Å². The highest BCUT2D eigenvalue weighted by atomic mass is 79.9. The van der Waals surface area contributed by atoms with Crippen molar-refractivity contribution in [3.8, 4) is 11.6 Å². The van der Waals surface area contributed by atoms with Gasteiger partial charge < -0.3 is 4.74 Å². The van der Waals surface area contributed by atoms with Gasteiger partial charge in [0.1, 0.15) is 17.5 Å². The summed E-state index contributed by atoms with van der Waals surface area (Å²) in [7, 11) is 0. The van der Waals surface area contributed by atoms with E-state index < -0.39 is 16.7 Å². The second-order valence-corrected chi connectivity index (χ2v) is 8.02. The van der Waals surface area contributed by atoms with Gasteiger partial charge >= 0.3 is 0 Å². The number of nitro groups is 1. The molecule has 2 aromatic carbocycles. The van der Waals surface area contributed by atoms with Crippen molar-refractivity contribution in [2.24, 2.45) is 0 Å². The van der Waals surface area contributed by atoms with Crippen LogP contribution < -0.4 is 15.0 Å². The SMILES string of the molecule is O=C1NC(=S)N(c2ccc(Br)cc2)C(=O)/C1=C\c1ccc(Oc2ccc([N+](=O)[O-])cn2)cc1. The van der Waals surface area contributed by atoms with Crippen molar-refractivity contribution < 1.29 is 19.2 Å². The number of aromatic nitrogens is 1. The summed E-state index contributed by atoms with van der Waals surface area (Å²) in [6.45, 7) is 0. The van der Waals surface area contributed by atoms with E-state index in [4.69, 9.17) is 17.0 Å². The Morgan fingerprint density at radius 3 is 2.36 bits per heavy atom. The molecule has 0 aliphatic carbocycles. The van der Waals surface area contributed by atoms with Gasteiger partial charge in [0, 0.05) is 16.6 Å². The molecule has 9 nitrogen and oxygen atoms in total. The Labute approximate surface area is 201 Å². The number of hydrogen-bond donors (Lipinski definition) is 1. The number of anilines is 1. The van der Waals surface area contributed by atoms with Crippen LogP contribution in [-0.4, -0.2) is 26.8 Å². The van der Waals surface area contributed by atoms with Gasteiger partial charge in [0.15, 0.2) is 5.11 Å². The minimum atomic E-state index is -0.589. The van der Waals surface area contributed by atoms with Crippen molar-refractivity contribution in [3.63, 3.8) is 0 Å². The lowest BCUT2D eigenvalue weighted by atomic mass is 10.1. The molecule has 0 atom stereocenters. The number of carbonyl (C=O) groups excluding carboxylic acids is 2. The molecule has 164 valence electrons. The number of amides is 2. The average Bonchev–Trinajstić information content (AvgIpc) is 2.79. The van der Waals surface area contributed by atoms with E-state index in [0.29, 0.717) is 17.0 Å². The minimum absolute atomic E-state index is 0.00354. The number of pyridine rings is 1. The smallest absolute Gasteiger partial charge is 0.287 e. The monoisotopic (exact) mass is 524 g/mol. The maximum Gasteiger partial charge on any atom is 0.287 e. The van der Waals surface area contributed by atoms with E-state index in [1.807, 2.05) is 0 Å². The van der Waals surface area contributed by atoms with Crippen LogP contribution in [0.1, 0.15) is 5.56 Å². The number of benzene rings is 2. The molecule has 1 aliphatic rings. The van der Waals surface area contributed by atoms with Gasteiger partial charge in [-0.15, -0.1) is 0 Å². The van der Waals surface area contributed by atoms with Gasteiger partial charge in [0.05, 0.1) is 10.6 Å². The molecule has 2 heterocycles. The van der Waals surface area contributed by atoms with Crippen molar-refractivity contribution in [3.05, 3.63) is 92.6 Å². The molecule has 4 rings (SSSR count). The molecule has 33 heavy (non-hydrogen) atoms.